The first kappa shape index (κ1) is 23.5. The fourth-order valence-corrected chi connectivity index (χ4v) is 5.18. The second-order valence-electron chi connectivity index (χ2n) is 9.24. The zero-order chi connectivity index (χ0) is 22.4. The number of hydrogen-bond donors (Lipinski definition) is 3. The summed E-state index contributed by atoms with van der Waals surface area (Å²) in [5.74, 6) is -0.782. The summed E-state index contributed by atoms with van der Waals surface area (Å²) in [7, 11) is 0. The Morgan fingerprint density at radius 2 is 1.71 bits per heavy atom. The highest BCUT2D eigenvalue weighted by Gasteiger charge is 2.39. The van der Waals surface area contributed by atoms with E-state index in [-0.39, 0.29) is 24.3 Å². The van der Waals surface area contributed by atoms with Crippen molar-refractivity contribution in [1.29, 1.82) is 0 Å². The molecule has 174 valence electrons. The first-order chi connectivity index (χ1) is 14.9. The van der Waals surface area contributed by atoms with Crippen molar-refractivity contribution < 1.29 is 19.2 Å². The van der Waals surface area contributed by atoms with Crippen molar-refractivity contribution in [3.63, 3.8) is 0 Å². The molecule has 0 aromatic rings. The number of piperidine rings is 1. The summed E-state index contributed by atoms with van der Waals surface area (Å²) < 4.78 is 0. The lowest BCUT2D eigenvalue weighted by atomic mass is 9.84. The van der Waals surface area contributed by atoms with Crippen LogP contribution < -0.4 is 16.4 Å². The van der Waals surface area contributed by atoms with Crippen molar-refractivity contribution in [1.82, 2.24) is 20.4 Å². The lowest BCUT2D eigenvalue weighted by Crippen LogP contribution is -2.63. The Morgan fingerprint density at radius 1 is 1.03 bits per heavy atom. The number of amides is 4. The molecule has 3 fully saturated rings. The molecule has 4 amide bonds. The SMILES string of the molecule is CC(=O)N1CCN(C(=O)C2CCNCC2)C[C@@H]1C(=O)N[C@@H](CC1CCCCC1)C(N)=O. The molecule has 0 radical (unpaired) electrons. The average Bonchev–Trinajstić information content (AvgIpc) is 2.78. The van der Waals surface area contributed by atoms with Crippen molar-refractivity contribution in [2.75, 3.05) is 32.7 Å². The van der Waals surface area contributed by atoms with Crippen LogP contribution >= 0.6 is 0 Å². The molecule has 2 atom stereocenters. The molecule has 0 aromatic heterocycles. The average molecular weight is 436 g/mol. The van der Waals surface area contributed by atoms with Crippen molar-refractivity contribution >= 4 is 23.6 Å². The van der Waals surface area contributed by atoms with Crippen LogP contribution in [0.3, 0.4) is 0 Å². The van der Waals surface area contributed by atoms with Crippen LogP contribution in [-0.4, -0.2) is 78.2 Å². The van der Waals surface area contributed by atoms with Crippen molar-refractivity contribution in [2.24, 2.45) is 17.6 Å². The van der Waals surface area contributed by atoms with Gasteiger partial charge >= 0.3 is 0 Å². The molecule has 3 rings (SSSR count). The van der Waals surface area contributed by atoms with E-state index >= 15 is 0 Å². The maximum Gasteiger partial charge on any atom is 0.245 e. The summed E-state index contributed by atoms with van der Waals surface area (Å²) in [5.41, 5.74) is 5.59. The van der Waals surface area contributed by atoms with Crippen molar-refractivity contribution in [2.45, 2.75) is 70.4 Å². The van der Waals surface area contributed by atoms with Gasteiger partial charge in [-0.3, -0.25) is 19.2 Å². The highest BCUT2D eigenvalue weighted by atomic mass is 16.2. The quantitative estimate of drug-likeness (QED) is 0.541. The monoisotopic (exact) mass is 435 g/mol. The van der Waals surface area contributed by atoms with Gasteiger partial charge < -0.3 is 26.2 Å². The van der Waals surface area contributed by atoms with E-state index in [1.807, 2.05) is 0 Å². The largest absolute Gasteiger partial charge is 0.368 e. The van der Waals surface area contributed by atoms with Crippen LogP contribution in [0.25, 0.3) is 0 Å². The summed E-state index contributed by atoms with van der Waals surface area (Å²) in [6.45, 7) is 3.95. The van der Waals surface area contributed by atoms with Crippen LogP contribution in [0.2, 0.25) is 0 Å². The summed E-state index contributed by atoms with van der Waals surface area (Å²) >= 11 is 0. The van der Waals surface area contributed by atoms with E-state index in [0.717, 1.165) is 51.6 Å². The Morgan fingerprint density at radius 3 is 2.32 bits per heavy atom. The zero-order valence-corrected chi connectivity index (χ0v) is 18.6. The second-order valence-corrected chi connectivity index (χ2v) is 9.24. The molecule has 9 nitrogen and oxygen atoms in total. The van der Waals surface area contributed by atoms with E-state index in [9.17, 15) is 19.2 Å². The van der Waals surface area contributed by atoms with Gasteiger partial charge in [-0.2, -0.15) is 0 Å². The second kappa shape index (κ2) is 10.9. The number of nitrogens with two attached hydrogens (primary N) is 1. The molecule has 2 heterocycles. The van der Waals surface area contributed by atoms with E-state index in [0.29, 0.717) is 25.4 Å². The molecule has 0 unspecified atom stereocenters. The number of nitrogens with one attached hydrogen (secondary N) is 2. The summed E-state index contributed by atoms with van der Waals surface area (Å²) in [6, 6.07) is -1.55. The van der Waals surface area contributed by atoms with E-state index in [1.165, 1.54) is 18.2 Å². The van der Waals surface area contributed by atoms with E-state index in [2.05, 4.69) is 10.6 Å². The fourth-order valence-electron chi connectivity index (χ4n) is 5.18. The minimum absolute atomic E-state index is 0.0430. The van der Waals surface area contributed by atoms with Gasteiger partial charge in [0.2, 0.25) is 23.6 Å². The fraction of sp³-hybridized carbons (Fsp3) is 0.818. The molecule has 31 heavy (non-hydrogen) atoms. The number of carbonyl (C=O) groups excluding carboxylic acids is 4. The van der Waals surface area contributed by atoms with Gasteiger partial charge in [0.05, 0.1) is 6.54 Å². The topological polar surface area (TPSA) is 125 Å². The van der Waals surface area contributed by atoms with Gasteiger partial charge in [0.25, 0.3) is 0 Å². The van der Waals surface area contributed by atoms with Gasteiger partial charge in [-0.25, -0.2) is 0 Å². The highest BCUT2D eigenvalue weighted by Crippen LogP contribution is 2.27. The lowest BCUT2D eigenvalue weighted by Gasteiger charge is -2.42. The van der Waals surface area contributed by atoms with Gasteiger partial charge in [0.1, 0.15) is 12.1 Å². The van der Waals surface area contributed by atoms with Gasteiger partial charge in [-0.1, -0.05) is 32.1 Å². The first-order valence-corrected chi connectivity index (χ1v) is 11.7. The third kappa shape index (κ3) is 6.18. The van der Waals surface area contributed by atoms with Crippen LogP contribution in [0.4, 0.5) is 0 Å². The molecule has 9 heteroatoms. The van der Waals surface area contributed by atoms with Crippen molar-refractivity contribution in [3.05, 3.63) is 0 Å². The number of carbonyl (C=O) groups is 4. The van der Waals surface area contributed by atoms with Gasteiger partial charge in [0.15, 0.2) is 0 Å². The molecule has 1 saturated carbocycles. The highest BCUT2D eigenvalue weighted by molar-refractivity contribution is 5.92. The summed E-state index contributed by atoms with van der Waals surface area (Å²) in [6.07, 6.45) is 7.67. The number of primary amides is 1. The van der Waals surface area contributed by atoms with E-state index in [4.69, 9.17) is 5.73 Å². The standard InChI is InChI=1S/C22H37N5O4/c1-15(28)27-12-11-26(22(31)17-7-9-24-10-8-17)14-19(27)21(30)25-18(20(23)29)13-16-5-3-2-4-6-16/h16-19,24H,2-14H2,1H3,(H2,23,29)(H,25,30)/t18-,19+/m0/s1. The molecule has 2 saturated heterocycles. The number of nitrogens with zero attached hydrogens (tertiary/aromatic N) is 2. The maximum absolute atomic E-state index is 13.2. The predicted octanol–water partition coefficient (Wildman–Crippen LogP) is -0.0142. The van der Waals surface area contributed by atoms with Gasteiger partial charge in [0, 0.05) is 25.9 Å². The molecular weight excluding hydrogens is 398 g/mol. The molecule has 1 aliphatic carbocycles. The molecule has 0 bridgehead atoms. The van der Waals surface area contributed by atoms with E-state index in [1.54, 1.807) is 4.90 Å². The summed E-state index contributed by atoms with van der Waals surface area (Å²) in [4.78, 5) is 53.6. The molecular formula is C22H37N5O4. The normalized spacial score (nSPS) is 24.5. The Labute approximate surface area is 184 Å². The summed E-state index contributed by atoms with van der Waals surface area (Å²) in [5, 5.41) is 6.06. The molecule has 2 aliphatic heterocycles. The van der Waals surface area contributed by atoms with Crippen LogP contribution in [-0.2, 0) is 19.2 Å². The Balaban J connectivity index is 1.66. The smallest absolute Gasteiger partial charge is 0.245 e. The Hall–Kier alpha value is -2.16. The first-order valence-electron chi connectivity index (χ1n) is 11.7. The van der Waals surface area contributed by atoms with Gasteiger partial charge in [-0.15, -0.1) is 0 Å². The molecule has 3 aliphatic rings. The Kier molecular flexibility index (Phi) is 8.28. The third-order valence-electron chi connectivity index (χ3n) is 7.04. The molecule has 0 spiro atoms. The number of piperazine rings is 1. The number of rotatable bonds is 6. The van der Waals surface area contributed by atoms with E-state index < -0.39 is 23.9 Å². The number of hydrogen-bond acceptors (Lipinski definition) is 5. The minimum atomic E-state index is -0.801. The predicted molar refractivity (Wildman–Crippen MR) is 116 cm³/mol. The maximum atomic E-state index is 13.2. The van der Waals surface area contributed by atoms with Crippen molar-refractivity contribution in [3.8, 4) is 0 Å². The zero-order valence-electron chi connectivity index (χ0n) is 18.6. The molecule has 4 N–H and O–H groups in total. The van der Waals surface area contributed by atoms with Gasteiger partial charge in [-0.05, 0) is 38.3 Å². The third-order valence-corrected chi connectivity index (χ3v) is 7.04. The van der Waals surface area contributed by atoms with Crippen LogP contribution in [0.1, 0.15) is 58.3 Å². The van der Waals surface area contributed by atoms with Crippen LogP contribution in [0.15, 0.2) is 0 Å². The Bertz CT molecular complexity index is 673. The molecule has 0 aromatic carbocycles. The lowest BCUT2D eigenvalue weighted by molar-refractivity contribution is -0.150. The van der Waals surface area contributed by atoms with Crippen LogP contribution in [0.5, 0.6) is 0 Å². The minimum Gasteiger partial charge on any atom is -0.368 e. The van der Waals surface area contributed by atoms with Crippen LogP contribution in [0, 0.1) is 11.8 Å².